The summed E-state index contributed by atoms with van der Waals surface area (Å²) in [6.07, 6.45) is 6.81. The van der Waals surface area contributed by atoms with E-state index >= 15 is 0 Å². The first-order valence-electron chi connectivity index (χ1n) is 7.76. The van der Waals surface area contributed by atoms with Crippen LogP contribution in [0, 0.1) is 17.8 Å². The minimum atomic E-state index is -0.209. The first-order chi connectivity index (χ1) is 9.13. The minimum Gasteiger partial charge on any atom is -0.393 e. The van der Waals surface area contributed by atoms with Gasteiger partial charge in [-0.05, 0) is 45.1 Å². The van der Waals surface area contributed by atoms with Crippen molar-refractivity contribution in [3.05, 3.63) is 11.6 Å². The van der Waals surface area contributed by atoms with Crippen molar-refractivity contribution >= 4 is 5.78 Å². The Kier molecular flexibility index (Phi) is 2.50. The number of aliphatic hydroxyl groups is 1. The molecule has 4 rings (SSSR count). The maximum absolute atomic E-state index is 12.5. The molecule has 3 heteroatoms. The Morgan fingerprint density at radius 1 is 1.37 bits per heavy atom. The molecule has 1 saturated carbocycles. The quantitative estimate of drug-likeness (QED) is 0.675. The monoisotopic (exact) mass is 261 g/mol. The smallest absolute Gasteiger partial charge is 0.138 e. The van der Waals surface area contributed by atoms with Crippen molar-refractivity contribution in [3.8, 4) is 0 Å². The summed E-state index contributed by atoms with van der Waals surface area (Å²) in [7, 11) is 0. The van der Waals surface area contributed by atoms with Gasteiger partial charge in [-0.25, -0.2) is 0 Å². The Balaban J connectivity index is 1.89. The normalized spacial score (nSPS) is 49.6. The molecule has 0 aromatic carbocycles. The number of hydrogen-bond acceptors (Lipinski definition) is 3. The third-order valence-electron chi connectivity index (χ3n) is 6.15. The van der Waals surface area contributed by atoms with Crippen LogP contribution in [0.4, 0.5) is 0 Å². The summed E-state index contributed by atoms with van der Waals surface area (Å²) in [6.45, 7) is 4.30. The van der Waals surface area contributed by atoms with Gasteiger partial charge >= 0.3 is 0 Å². The third kappa shape index (κ3) is 1.43. The molecule has 4 aliphatic rings. The highest BCUT2D eigenvalue weighted by Crippen LogP contribution is 2.57. The van der Waals surface area contributed by atoms with Gasteiger partial charge in [0.25, 0.3) is 0 Å². The molecule has 0 unspecified atom stereocenters. The summed E-state index contributed by atoms with van der Waals surface area (Å²) in [5.41, 5.74) is 1.40. The van der Waals surface area contributed by atoms with Gasteiger partial charge in [0.15, 0.2) is 0 Å². The summed E-state index contributed by atoms with van der Waals surface area (Å²) in [4.78, 5) is 15.1. The van der Waals surface area contributed by atoms with Crippen LogP contribution >= 0.6 is 0 Å². The molecule has 0 amide bonds. The van der Waals surface area contributed by atoms with Crippen LogP contribution in [0.3, 0.4) is 0 Å². The lowest BCUT2D eigenvalue weighted by Crippen LogP contribution is -2.73. The van der Waals surface area contributed by atoms with Gasteiger partial charge < -0.3 is 5.11 Å². The number of ketones is 1. The second-order valence-electron chi connectivity index (χ2n) is 7.08. The highest BCUT2D eigenvalue weighted by atomic mass is 16.3. The van der Waals surface area contributed by atoms with E-state index in [-0.39, 0.29) is 23.5 Å². The Morgan fingerprint density at radius 2 is 2.21 bits per heavy atom. The van der Waals surface area contributed by atoms with Gasteiger partial charge in [0.2, 0.25) is 0 Å². The summed E-state index contributed by atoms with van der Waals surface area (Å²) in [5, 5.41) is 10.6. The van der Waals surface area contributed by atoms with E-state index < -0.39 is 0 Å². The van der Waals surface area contributed by atoms with Crippen molar-refractivity contribution in [2.75, 3.05) is 13.1 Å². The van der Waals surface area contributed by atoms with E-state index in [0.29, 0.717) is 18.1 Å². The molecule has 0 aromatic heterocycles. The zero-order chi connectivity index (χ0) is 13.2. The van der Waals surface area contributed by atoms with Crippen molar-refractivity contribution in [2.24, 2.45) is 17.8 Å². The van der Waals surface area contributed by atoms with Crippen LogP contribution in [0.5, 0.6) is 0 Å². The van der Waals surface area contributed by atoms with Gasteiger partial charge in [0, 0.05) is 30.3 Å². The molecule has 3 nitrogen and oxygen atoms in total. The van der Waals surface area contributed by atoms with Crippen LogP contribution < -0.4 is 0 Å². The van der Waals surface area contributed by atoms with E-state index in [1.54, 1.807) is 0 Å². The largest absolute Gasteiger partial charge is 0.393 e. The van der Waals surface area contributed by atoms with E-state index in [4.69, 9.17) is 0 Å². The van der Waals surface area contributed by atoms with E-state index in [1.807, 2.05) is 0 Å². The fraction of sp³-hybridized carbons (Fsp3) is 0.812. The topological polar surface area (TPSA) is 40.5 Å². The first kappa shape index (κ1) is 12.1. The van der Waals surface area contributed by atoms with Crippen molar-refractivity contribution in [1.82, 2.24) is 4.90 Å². The SMILES string of the molecule is CC1=C[C@H]2CC(=O)[C@H]3CCCN4CC[C@H](O)[C@H]2[C@]34C1. The molecule has 2 aliphatic heterocycles. The van der Waals surface area contributed by atoms with Gasteiger partial charge in [-0.15, -0.1) is 0 Å². The van der Waals surface area contributed by atoms with Crippen LogP contribution in [0.25, 0.3) is 0 Å². The lowest BCUT2D eigenvalue weighted by Gasteiger charge is -2.65. The molecule has 2 aliphatic carbocycles. The van der Waals surface area contributed by atoms with Gasteiger partial charge in [-0.2, -0.15) is 0 Å². The number of carbonyl (C=O) groups is 1. The molecular formula is C16H23NO2. The molecule has 1 spiro atoms. The summed E-state index contributed by atoms with van der Waals surface area (Å²) < 4.78 is 0. The molecule has 104 valence electrons. The first-order valence-corrected chi connectivity index (χ1v) is 7.76. The number of hydrogen-bond donors (Lipinski definition) is 1. The number of aliphatic hydroxyl groups excluding tert-OH is 1. The summed E-state index contributed by atoms with van der Waals surface area (Å²) in [6, 6.07) is 0. The van der Waals surface area contributed by atoms with Crippen LogP contribution in [0.1, 0.15) is 39.0 Å². The van der Waals surface area contributed by atoms with Gasteiger partial charge in [-0.3, -0.25) is 9.69 Å². The Morgan fingerprint density at radius 3 is 3.05 bits per heavy atom. The third-order valence-corrected chi connectivity index (χ3v) is 6.15. The molecule has 5 atom stereocenters. The molecule has 0 aromatic rings. The summed E-state index contributed by atoms with van der Waals surface area (Å²) in [5.74, 6) is 1.23. The van der Waals surface area contributed by atoms with Crippen molar-refractivity contribution in [1.29, 1.82) is 0 Å². The molecule has 2 saturated heterocycles. The lowest BCUT2D eigenvalue weighted by molar-refractivity contribution is -0.175. The Bertz CT molecular complexity index is 458. The maximum Gasteiger partial charge on any atom is 0.138 e. The van der Waals surface area contributed by atoms with Crippen molar-refractivity contribution in [2.45, 2.75) is 50.7 Å². The standard InChI is InChI=1S/C16H23NO2/c1-10-7-11-8-14(19)12-3-2-5-17-6-4-13(18)15(11)16(12,17)9-10/h7,11-13,15,18H,2-6,8-9H2,1H3/t11-,12+,13-,15-,16-/m0/s1. The highest BCUT2D eigenvalue weighted by Gasteiger charge is 2.63. The predicted octanol–water partition coefficient (Wildman–Crippen LogP) is 1.76. The van der Waals surface area contributed by atoms with Gasteiger partial charge in [0.1, 0.15) is 5.78 Å². The number of allylic oxidation sites excluding steroid dienone is 1. The predicted molar refractivity (Wildman–Crippen MR) is 72.6 cm³/mol. The Hall–Kier alpha value is -0.670. The maximum atomic E-state index is 12.5. The van der Waals surface area contributed by atoms with E-state index in [9.17, 15) is 9.90 Å². The van der Waals surface area contributed by atoms with Crippen LogP contribution in [-0.4, -0.2) is 40.5 Å². The van der Waals surface area contributed by atoms with E-state index in [1.165, 1.54) is 5.57 Å². The molecular weight excluding hydrogens is 238 g/mol. The van der Waals surface area contributed by atoms with Gasteiger partial charge in [-0.1, -0.05) is 11.6 Å². The van der Waals surface area contributed by atoms with Crippen molar-refractivity contribution in [3.63, 3.8) is 0 Å². The number of piperidine rings is 2. The number of Topliss-reactive ketones (excluding diaryl/α,β-unsaturated/α-hetero) is 1. The van der Waals surface area contributed by atoms with E-state index in [0.717, 1.165) is 38.8 Å². The molecule has 2 heterocycles. The average Bonchev–Trinajstić information content (AvgIpc) is 2.35. The average molecular weight is 261 g/mol. The second-order valence-corrected chi connectivity index (χ2v) is 7.08. The minimum absolute atomic E-state index is 0.0330. The van der Waals surface area contributed by atoms with E-state index in [2.05, 4.69) is 17.9 Å². The van der Waals surface area contributed by atoms with Crippen molar-refractivity contribution < 1.29 is 9.90 Å². The zero-order valence-corrected chi connectivity index (χ0v) is 11.6. The summed E-state index contributed by atoms with van der Waals surface area (Å²) >= 11 is 0. The molecule has 3 fully saturated rings. The molecule has 2 bridgehead atoms. The number of carbonyl (C=O) groups excluding carboxylic acids is 1. The van der Waals surface area contributed by atoms with Crippen LogP contribution in [0.2, 0.25) is 0 Å². The molecule has 19 heavy (non-hydrogen) atoms. The van der Waals surface area contributed by atoms with Crippen LogP contribution in [0.15, 0.2) is 11.6 Å². The zero-order valence-electron chi connectivity index (χ0n) is 11.6. The van der Waals surface area contributed by atoms with Crippen LogP contribution in [-0.2, 0) is 4.79 Å². The molecule has 1 N–H and O–H groups in total. The Labute approximate surface area is 114 Å². The second kappa shape index (κ2) is 3.92. The lowest BCUT2D eigenvalue weighted by atomic mass is 9.50. The van der Waals surface area contributed by atoms with Gasteiger partial charge in [0.05, 0.1) is 6.10 Å². The molecule has 0 radical (unpaired) electrons. The number of nitrogens with zero attached hydrogens (tertiary/aromatic N) is 1. The highest BCUT2D eigenvalue weighted by molar-refractivity contribution is 5.85. The fourth-order valence-corrected chi connectivity index (χ4v) is 5.71. The number of rotatable bonds is 0. The fourth-order valence-electron chi connectivity index (χ4n) is 5.71.